The van der Waals surface area contributed by atoms with Crippen molar-refractivity contribution in [3.63, 3.8) is 0 Å². The van der Waals surface area contributed by atoms with E-state index in [0.29, 0.717) is 21.1 Å². The van der Waals surface area contributed by atoms with Crippen LogP contribution in [0.5, 0.6) is 0 Å². The molecule has 1 aliphatic heterocycles. The summed E-state index contributed by atoms with van der Waals surface area (Å²) in [6.07, 6.45) is 2.51. The zero-order valence-electron chi connectivity index (χ0n) is 13.3. The van der Waals surface area contributed by atoms with Gasteiger partial charge in [-0.05, 0) is 43.2 Å². The van der Waals surface area contributed by atoms with E-state index in [9.17, 15) is 9.59 Å². The van der Waals surface area contributed by atoms with Gasteiger partial charge in [-0.15, -0.1) is 0 Å². The SMILES string of the molecule is C[C@H]1Cc2cccc3c(=O)c(C(=O)Nc4ccc(Cl)c(Cl)c4)cn1c23. The molecule has 2 heterocycles. The second-order valence-corrected chi connectivity index (χ2v) is 7.04. The van der Waals surface area contributed by atoms with E-state index >= 15 is 0 Å². The van der Waals surface area contributed by atoms with Gasteiger partial charge in [-0.2, -0.15) is 0 Å². The first-order valence-electron chi connectivity index (χ1n) is 7.89. The Morgan fingerprint density at radius 1 is 1.20 bits per heavy atom. The summed E-state index contributed by atoms with van der Waals surface area (Å²) in [4.78, 5) is 25.5. The van der Waals surface area contributed by atoms with Crippen molar-refractivity contribution in [3.05, 3.63) is 74.0 Å². The quantitative estimate of drug-likeness (QED) is 0.709. The van der Waals surface area contributed by atoms with Gasteiger partial charge in [0.25, 0.3) is 5.91 Å². The number of hydrogen-bond donors (Lipinski definition) is 1. The maximum absolute atomic E-state index is 12.8. The third kappa shape index (κ3) is 2.62. The average Bonchev–Trinajstić information content (AvgIpc) is 2.90. The van der Waals surface area contributed by atoms with Crippen LogP contribution in [-0.2, 0) is 6.42 Å². The minimum absolute atomic E-state index is 0.115. The molecule has 1 atom stereocenters. The van der Waals surface area contributed by atoms with Crippen molar-refractivity contribution in [2.24, 2.45) is 0 Å². The fourth-order valence-corrected chi connectivity index (χ4v) is 3.65. The average molecular weight is 373 g/mol. The Hall–Kier alpha value is -2.30. The lowest BCUT2D eigenvalue weighted by Gasteiger charge is -2.13. The zero-order chi connectivity index (χ0) is 17.7. The van der Waals surface area contributed by atoms with Crippen LogP contribution in [0.15, 0.2) is 47.4 Å². The molecule has 1 N–H and O–H groups in total. The zero-order valence-corrected chi connectivity index (χ0v) is 14.9. The molecule has 126 valence electrons. The summed E-state index contributed by atoms with van der Waals surface area (Å²) < 4.78 is 2.01. The van der Waals surface area contributed by atoms with Gasteiger partial charge in [-0.1, -0.05) is 35.3 Å². The number of benzene rings is 2. The van der Waals surface area contributed by atoms with Crippen LogP contribution in [0.25, 0.3) is 10.9 Å². The summed E-state index contributed by atoms with van der Waals surface area (Å²) in [5, 5.41) is 4.03. The molecule has 0 bridgehead atoms. The van der Waals surface area contributed by atoms with Crippen molar-refractivity contribution in [3.8, 4) is 0 Å². The van der Waals surface area contributed by atoms with Gasteiger partial charge in [0.1, 0.15) is 5.56 Å². The molecule has 1 aliphatic rings. The van der Waals surface area contributed by atoms with Gasteiger partial charge in [-0.25, -0.2) is 0 Å². The summed E-state index contributed by atoms with van der Waals surface area (Å²) in [7, 11) is 0. The van der Waals surface area contributed by atoms with Crippen LogP contribution in [0.2, 0.25) is 10.0 Å². The molecule has 0 fully saturated rings. The van der Waals surface area contributed by atoms with E-state index < -0.39 is 5.91 Å². The number of carbonyl (C=O) groups is 1. The first-order valence-corrected chi connectivity index (χ1v) is 8.64. The van der Waals surface area contributed by atoms with E-state index in [-0.39, 0.29) is 17.0 Å². The van der Waals surface area contributed by atoms with Gasteiger partial charge >= 0.3 is 0 Å². The Bertz CT molecular complexity index is 1090. The van der Waals surface area contributed by atoms with Crippen LogP contribution in [-0.4, -0.2) is 10.5 Å². The smallest absolute Gasteiger partial charge is 0.261 e. The van der Waals surface area contributed by atoms with Crippen molar-refractivity contribution in [1.82, 2.24) is 4.57 Å². The molecule has 0 unspecified atom stereocenters. The van der Waals surface area contributed by atoms with Crippen molar-refractivity contribution in [1.29, 1.82) is 0 Å². The highest BCUT2D eigenvalue weighted by atomic mass is 35.5. The molecular weight excluding hydrogens is 359 g/mol. The summed E-state index contributed by atoms with van der Waals surface area (Å²) in [6.45, 7) is 2.07. The number of para-hydroxylation sites is 1. The van der Waals surface area contributed by atoms with Crippen molar-refractivity contribution < 1.29 is 4.79 Å². The summed E-state index contributed by atoms with van der Waals surface area (Å²) in [6, 6.07) is 10.7. The summed E-state index contributed by atoms with van der Waals surface area (Å²) in [5.41, 5.74) is 2.40. The van der Waals surface area contributed by atoms with Crippen LogP contribution in [0.3, 0.4) is 0 Å². The van der Waals surface area contributed by atoms with Gasteiger partial charge in [0.15, 0.2) is 0 Å². The van der Waals surface area contributed by atoms with Gasteiger partial charge < -0.3 is 9.88 Å². The lowest BCUT2D eigenvalue weighted by Crippen LogP contribution is -2.23. The number of carbonyl (C=O) groups excluding carboxylic acids is 1. The van der Waals surface area contributed by atoms with E-state index in [4.69, 9.17) is 23.2 Å². The number of pyridine rings is 1. The molecule has 0 aliphatic carbocycles. The Balaban J connectivity index is 1.80. The van der Waals surface area contributed by atoms with Crippen molar-refractivity contribution in [2.75, 3.05) is 5.32 Å². The van der Waals surface area contributed by atoms with Gasteiger partial charge in [0.2, 0.25) is 5.43 Å². The monoisotopic (exact) mass is 372 g/mol. The van der Waals surface area contributed by atoms with Gasteiger partial charge in [0, 0.05) is 23.3 Å². The number of rotatable bonds is 2. The Kier molecular flexibility index (Phi) is 3.82. The second-order valence-electron chi connectivity index (χ2n) is 6.23. The molecule has 1 aromatic heterocycles. The second kappa shape index (κ2) is 5.90. The Labute approximate surface area is 154 Å². The van der Waals surface area contributed by atoms with Crippen LogP contribution in [0.4, 0.5) is 5.69 Å². The largest absolute Gasteiger partial charge is 0.343 e. The van der Waals surface area contributed by atoms with E-state index in [2.05, 4.69) is 12.2 Å². The third-order valence-electron chi connectivity index (χ3n) is 4.55. The molecule has 2 aromatic carbocycles. The lowest BCUT2D eigenvalue weighted by molar-refractivity contribution is 0.102. The summed E-state index contributed by atoms with van der Waals surface area (Å²) >= 11 is 11.9. The van der Waals surface area contributed by atoms with Crippen LogP contribution >= 0.6 is 23.2 Å². The maximum Gasteiger partial charge on any atom is 0.261 e. The fourth-order valence-electron chi connectivity index (χ4n) is 3.35. The number of amides is 1. The van der Waals surface area contributed by atoms with Crippen LogP contribution < -0.4 is 10.7 Å². The van der Waals surface area contributed by atoms with Crippen LogP contribution in [0, 0.1) is 0 Å². The van der Waals surface area contributed by atoms with Gasteiger partial charge in [0.05, 0.1) is 15.6 Å². The molecule has 0 radical (unpaired) electrons. The van der Waals surface area contributed by atoms with E-state index in [1.807, 2.05) is 16.7 Å². The molecule has 25 heavy (non-hydrogen) atoms. The van der Waals surface area contributed by atoms with Crippen molar-refractivity contribution in [2.45, 2.75) is 19.4 Å². The molecule has 4 rings (SSSR count). The highest BCUT2D eigenvalue weighted by Crippen LogP contribution is 2.31. The highest BCUT2D eigenvalue weighted by molar-refractivity contribution is 6.42. The molecule has 0 saturated carbocycles. The standard InChI is InChI=1S/C19H14Cl2N2O2/c1-10-7-11-3-2-4-13-17(11)23(10)9-14(18(13)24)19(25)22-12-5-6-15(20)16(21)8-12/h2-6,8-10H,7H2,1H3,(H,22,25)/t10-/m0/s1. The number of hydrogen-bond acceptors (Lipinski definition) is 2. The first-order chi connectivity index (χ1) is 12.0. The Morgan fingerprint density at radius 3 is 2.76 bits per heavy atom. The van der Waals surface area contributed by atoms with E-state index in [1.54, 1.807) is 30.5 Å². The number of nitrogens with one attached hydrogen (secondary N) is 1. The molecule has 6 heteroatoms. The first kappa shape index (κ1) is 16.2. The maximum atomic E-state index is 12.8. The fraction of sp³-hybridized carbons (Fsp3) is 0.158. The number of nitrogens with zero attached hydrogens (tertiary/aromatic N) is 1. The number of halogens is 2. The third-order valence-corrected chi connectivity index (χ3v) is 5.29. The normalized spacial score (nSPS) is 15.6. The molecule has 0 spiro atoms. The van der Waals surface area contributed by atoms with E-state index in [1.165, 1.54) is 0 Å². The molecule has 4 nitrogen and oxygen atoms in total. The molecule has 0 saturated heterocycles. The predicted octanol–water partition coefficient (Wildman–Crippen LogP) is 4.68. The minimum Gasteiger partial charge on any atom is -0.343 e. The molecular formula is C19H14Cl2N2O2. The van der Waals surface area contributed by atoms with Crippen molar-refractivity contribution >= 4 is 45.7 Å². The van der Waals surface area contributed by atoms with E-state index in [0.717, 1.165) is 17.5 Å². The predicted molar refractivity (Wildman–Crippen MR) is 101 cm³/mol. The molecule has 3 aromatic rings. The molecule has 1 amide bonds. The summed E-state index contributed by atoms with van der Waals surface area (Å²) in [5.74, 6) is -0.460. The van der Waals surface area contributed by atoms with Gasteiger partial charge in [-0.3, -0.25) is 9.59 Å². The highest BCUT2D eigenvalue weighted by Gasteiger charge is 2.24. The minimum atomic E-state index is -0.460. The number of anilines is 1. The Morgan fingerprint density at radius 2 is 2.00 bits per heavy atom. The topological polar surface area (TPSA) is 51.1 Å². The van der Waals surface area contributed by atoms with Crippen LogP contribution in [0.1, 0.15) is 28.9 Å². The number of aromatic nitrogens is 1. The lowest BCUT2D eigenvalue weighted by atomic mass is 10.1.